The molecule has 3 aromatic rings. The van der Waals surface area contributed by atoms with Gasteiger partial charge >= 0.3 is 12.0 Å². The summed E-state index contributed by atoms with van der Waals surface area (Å²) in [7, 11) is 0. The van der Waals surface area contributed by atoms with Gasteiger partial charge in [0, 0.05) is 6.42 Å². The van der Waals surface area contributed by atoms with Gasteiger partial charge in [0.15, 0.2) is 0 Å². The third-order valence-corrected chi connectivity index (χ3v) is 5.79. The van der Waals surface area contributed by atoms with Gasteiger partial charge in [-0.3, -0.25) is 0 Å². The van der Waals surface area contributed by atoms with Crippen LogP contribution in [0.3, 0.4) is 0 Å². The van der Waals surface area contributed by atoms with Crippen LogP contribution in [-0.4, -0.2) is 11.2 Å². The maximum absolute atomic E-state index is 13.0. The van der Waals surface area contributed by atoms with E-state index in [1.807, 2.05) is 41.2 Å². The van der Waals surface area contributed by atoms with Crippen molar-refractivity contribution in [1.29, 1.82) is 0 Å². The van der Waals surface area contributed by atoms with E-state index in [0.717, 1.165) is 59.9 Å². The number of hydrogen-bond donors (Lipinski definition) is 0. The van der Waals surface area contributed by atoms with Crippen LogP contribution >= 0.6 is 11.8 Å². The zero-order valence-corrected chi connectivity index (χ0v) is 16.3. The maximum atomic E-state index is 13.0. The summed E-state index contributed by atoms with van der Waals surface area (Å²) >= 11 is 1.63. The molecular weight excluding hydrogens is 381 g/mol. The Morgan fingerprint density at radius 3 is 2.25 bits per heavy atom. The van der Waals surface area contributed by atoms with Crippen LogP contribution in [0.15, 0.2) is 59.6 Å². The quantitative estimate of drug-likeness (QED) is 0.321. The maximum Gasteiger partial charge on any atom is 0.416 e. The second-order valence-corrected chi connectivity index (χ2v) is 7.62. The predicted molar refractivity (Wildman–Crippen MR) is 105 cm³/mol. The van der Waals surface area contributed by atoms with Crippen molar-refractivity contribution in [3.8, 4) is 17.1 Å². The highest BCUT2D eigenvalue weighted by Crippen LogP contribution is 2.32. The number of benzene rings is 2. The van der Waals surface area contributed by atoms with Crippen LogP contribution < -0.4 is 4.57 Å². The first-order valence-corrected chi connectivity index (χ1v) is 10.5. The van der Waals surface area contributed by atoms with Crippen molar-refractivity contribution in [2.45, 2.75) is 36.9 Å². The van der Waals surface area contributed by atoms with E-state index >= 15 is 0 Å². The Bertz CT molecular complexity index is 983. The van der Waals surface area contributed by atoms with E-state index in [2.05, 4.69) is 0 Å². The molecule has 0 unspecified atom stereocenters. The van der Waals surface area contributed by atoms with Gasteiger partial charge in [-0.2, -0.15) is 17.7 Å². The molecule has 4 rings (SSSR count). The summed E-state index contributed by atoms with van der Waals surface area (Å²) in [6.07, 6.45) is 1.71. The van der Waals surface area contributed by atoms with Crippen LogP contribution in [0.5, 0.6) is 0 Å². The summed E-state index contributed by atoms with van der Waals surface area (Å²) in [6.45, 7) is 0. The third kappa shape index (κ3) is 3.53. The molecule has 0 bridgehead atoms. The lowest BCUT2D eigenvalue weighted by Gasteiger charge is -2.19. The van der Waals surface area contributed by atoms with E-state index < -0.39 is 11.7 Å². The van der Waals surface area contributed by atoms with E-state index in [1.54, 1.807) is 23.9 Å². The Labute approximate surface area is 166 Å². The van der Waals surface area contributed by atoms with Crippen molar-refractivity contribution in [3.63, 3.8) is 0 Å². The van der Waals surface area contributed by atoms with Gasteiger partial charge in [-0.15, -0.1) is 0 Å². The van der Waals surface area contributed by atoms with E-state index in [4.69, 9.17) is 4.98 Å². The molecule has 0 saturated heterocycles. The number of aromatic nitrogens is 2. The smallest absolute Gasteiger partial charge is 0.193 e. The molecule has 1 aromatic heterocycles. The van der Waals surface area contributed by atoms with Gasteiger partial charge in [0.25, 0.3) is 0 Å². The average molecular weight is 401 g/mol. The number of fused-ring (bicyclic) bond motifs is 1. The van der Waals surface area contributed by atoms with E-state index in [-0.39, 0.29) is 0 Å². The summed E-state index contributed by atoms with van der Waals surface area (Å²) in [5, 5.41) is 1.01. The lowest BCUT2D eigenvalue weighted by Crippen LogP contribution is -2.42. The van der Waals surface area contributed by atoms with Gasteiger partial charge in [-0.25, -0.2) is 0 Å². The molecule has 2 nitrogen and oxygen atoms in total. The predicted octanol–water partition coefficient (Wildman–Crippen LogP) is 5.64. The standard InChI is InChI=1S/C22H20F3N2S/c1-28-21-18-9-5-6-10-19(18)27(20(26-21)15-7-3-2-4-8-15)17-13-11-16(12-14-17)22(23,24)25/h2-4,7-8,11-14H,5-6,9-10H2,1H3/q+1. The van der Waals surface area contributed by atoms with Gasteiger partial charge in [0.2, 0.25) is 5.03 Å². The Morgan fingerprint density at radius 1 is 0.929 bits per heavy atom. The lowest BCUT2D eigenvalue weighted by atomic mass is 9.96. The second kappa shape index (κ2) is 7.59. The molecule has 1 aliphatic rings. The van der Waals surface area contributed by atoms with Gasteiger partial charge < -0.3 is 0 Å². The Kier molecular flexibility index (Phi) is 5.15. The number of rotatable bonds is 3. The van der Waals surface area contributed by atoms with Crippen LogP contribution in [0, 0.1) is 0 Å². The Hall–Kier alpha value is -2.34. The fraction of sp³-hybridized carbons (Fsp3) is 0.273. The first kappa shape index (κ1) is 19.0. The van der Waals surface area contributed by atoms with Gasteiger partial charge in [-0.05, 0) is 66.9 Å². The second-order valence-electron chi connectivity index (χ2n) is 6.82. The van der Waals surface area contributed by atoms with Crippen molar-refractivity contribution in [3.05, 3.63) is 71.4 Å². The molecule has 2 aromatic carbocycles. The highest BCUT2D eigenvalue weighted by atomic mass is 32.2. The summed E-state index contributed by atoms with van der Waals surface area (Å²) in [5.74, 6) is 0.769. The molecular formula is C22H20F3N2S+. The minimum atomic E-state index is -4.34. The monoisotopic (exact) mass is 401 g/mol. The molecule has 0 spiro atoms. The van der Waals surface area contributed by atoms with Gasteiger partial charge in [0.1, 0.15) is 11.4 Å². The topological polar surface area (TPSA) is 16.8 Å². The average Bonchev–Trinajstić information content (AvgIpc) is 2.72. The Balaban J connectivity index is 1.96. The lowest BCUT2D eigenvalue weighted by molar-refractivity contribution is -0.597. The Morgan fingerprint density at radius 2 is 1.61 bits per heavy atom. The van der Waals surface area contributed by atoms with Crippen LogP contribution in [0.1, 0.15) is 29.7 Å². The summed E-state index contributed by atoms with van der Waals surface area (Å²) in [6, 6.07) is 15.2. The molecule has 144 valence electrons. The van der Waals surface area contributed by atoms with Crippen molar-refractivity contribution in [2.75, 3.05) is 6.26 Å². The third-order valence-electron chi connectivity index (χ3n) is 5.06. The highest BCUT2D eigenvalue weighted by Gasteiger charge is 2.33. The number of hydrogen-bond acceptors (Lipinski definition) is 2. The SMILES string of the molecule is CSc1nc(-c2ccccc2)[n+](-c2ccc(C(F)(F)F)cc2)c2c1CCCC2. The molecule has 0 aliphatic heterocycles. The largest absolute Gasteiger partial charge is 0.416 e. The molecule has 6 heteroatoms. The number of alkyl halides is 3. The zero-order valence-electron chi connectivity index (χ0n) is 15.5. The minimum absolute atomic E-state index is 0.638. The van der Waals surface area contributed by atoms with Crippen molar-refractivity contribution in [1.82, 2.24) is 4.98 Å². The molecule has 0 radical (unpaired) electrons. The zero-order chi connectivity index (χ0) is 19.7. The fourth-order valence-electron chi connectivity index (χ4n) is 3.74. The van der Waals surface area contributed by atoms with Crippen LogP contribution in [0.4, 0.5) is 13.2 Å². The summed E-state index contributed by atoms with van der Waals surface area (Å²) in [5.41, 5.74) is 3.40. The summed E-state index contributed by atoms with van der Waals surface area (Å²) < 4.78 is 41.1. The van der Waals surface area contributed by atoms with Crippen molar-refractivity contribution in [2.24, 2.45) is 0 Å². The molecule has 1 heterocycles. The van der Waals surface area contributed by atoms with Crippen LogP contribution in [0.25, 0.3) is 17.1 Å². The fourth-order valence-corrected chi connectivity index (χ4v) is 4.38. The van der Waals surface area contributed by atoms with E-state index in [1.165, 1.54) is 5.56 Å². The molecule has 1 aliphatic carbocycles. The van der Waals surface area contributed by atoms with Gasteiger partial charge in [0.05, 0.1) is 16.7 Å². The van der Waals surface area contributed by atoms with E-state index in [0.29, 0.717) is 5.69 Å². The van der Waals surface area contributed by atoms with Gasteiger partial charge in [-0.1, -0.05) is 30.0 Å². The molecule has 0 fully saturated rings. The highest BCUT2D eigenvalue weighted by molar-refractivity contribution is 7.98. The van der Waals surface area contributed by atoms with Crippen molar-refractivity contribution >= 4 is 11.8 Å². The summed E-state index contributed by atoms with van der Waals surface area (Å²) in [4.78, 5) is 4.93. The molecule has 0 amide bonds. The van der Waals surface area contributed by atoms with Crippen LogP contribution in [-0.2, 0) is 19.0 Å². The first-order chi connectivity index (χ1) is 13.5. The molecule has 0 saturated carbocycles. The molecule has 0 atom stereocenters. The molecule has 0 N–H and O–H groups in total. The van der Waals surface area contributed by atoms with E-state index in [9.17, 15) is 13.2 Å². The minimum Gasteiger partial charge on any atom is -0.193 e. The number of nitrogens with zero attached hydrogens (tertiary/aromatic N) is 2. The first-order valence-electron chi connectivity index (χ1n) is 9.24. The van der Waals surface area contributed by atoms with Crippen LogP contribution in [0.2, 0.25) is 0 Å². The number of halogens is 3. The van der Waals surface area contributed by atoms with Crippen molar-refractivity contribution < 1.29 is 17.7 Å². The molecule has 28 heavy (non-hydrogen) atoms. The normalized spacial score (nSPS) is 14.0. The number of thioether (sulfide) groups is 1.